The van der Waals surface area contributed by atoms with Crippen molar-refractivity contribution in [3.05, 3.63) is 57.8 Å². The maximum atomic E-state index is 13.2. The van der Waals surface area contributed by atoms with Crippen LogP contribution < -0.4 is 5.73 Å². The van der Waals surface area contributed by atoms with Crippen LogP contribution in [0.3, 0.4) is 0 Å². The lowest BCUT2D eigenvalue weighted by Crippen LogP contribution is -2.17. The molecule has 0 saturated carbocycles. The Morgan fingerprint density at radius 1 is 1.33 bits per heavy atom. The lowest BCUT2D eigenvalue weighted by atomic mass is 10.1. The highest BCUT2D eigenvalue weighted by Crippen LogP contribution is 2.22. The van der Waals surface area contributed by atoms with Crippen LogP contribution in [0.25, 0.3) is 0 Å². The molecule has 0 aliphatic rings. The summed E-state index contributed by atoms with van der Waals surface area (Å²) in [4.78, 5) is 8.36. The zero-order chi connectivity index (χ0) is 13.1. The molecule has 94 valence electrons. The van der Waals surface area contributed by atoms with Gasteiger partial charge in [-0.2, -0.15) is 0 Å². The molecular weight excluding hydrogens is 297 g/mol. The molecule has 2 rings (SSSR count). The van der Waals surface area contributed by atoms with Crippen molar-refractivity contribution in [2.75, 3.05) is 0 Å². The smallest absolute Gasteiger partial charge is 0.145 e. The van der Waals surface area contributed by atoms with E-state index in [9.17, 15) is 4.39 Å². The molecule has 3 nitrogen and oxygen atoms in total. The molecular formula is C13H13BrFN3. The quantitative estimate of drug-likeness (QED) is 0.948. The second-order valence-electron chi connectivity index (χ2n) is 4.16. The van der Waals surface area contributed by atoms with Crippen LogP contribution in [0, 0.1) is 12.7 Å². The van der Waals surface area contributed by atoms with Crippen molar-refractivity contribution >= 4 is 15.9 Å². The minimum Gasteiger partial charge on any atom is -0.321 e. The molecule has 0 spiro atoms. The molecule has 0 aliphatic carbocycles. The van der Waals surface area contributed by atoms with Gasteiger partial charge in [-0.25, -0.2) is 14.4 Å². The molecule has 1 aromatic heterocycles. The summed E-state index contributed by atoms with van der Waals surface area (Å²) in [5.41, 5.74) is 7.82. The first-order valence-electron chi connectivity index (χ1n) is 5.54. The van der Waals surface area contributed by atoms with E-state index in [1.54, 1.807) is 18.5 Å². The molecule has 0 amide bonds. The van der Waals surface area contributed by atoms with E-state index >= 15 is 0 Å². The van der Waals surface area contributed by atoms with Crippen molar-refractivity contribution in [3.63, 3.8) is 0 Å². The summed E-state index contributed by atoms with van der Waals surface area (Å²) in [6.07, 6.45) is 3.94. The first kappa shape index (κ1) is 13.1. The van der Waals surface area contributed by atoms with Crippen LogP contribution in [0.5, 0.6) is 0 Å². The monoisotopic (exact) mass is 309 g/mol. The van der Waals surface area contributed by atoms with Gasteiger partial charge in [0.15, 0.2) is 0 Å². The van der Waals surface area contributed by atoms with Crippen molar-refractivity contribution in [3.8, 4) is 0 Å². The lowest BCUT2D eigenvalue weighted by molar-refractivity contribution is 0.617. The van der Waals surface area contributed by atoms with E-state index in [2.05, 4.69) is 25.9 Å². The van der Waals surface area contributed by atoms with Gasteiger partial charge < -0.3 is 5.73 Å². The van der Waals surface area contributed by atoms with Gasteiger partial charge in [0.05, 0.1) is 6.04 Å². The van der Waals surface area contributed by atoms with Crippen LogP contribution in [0.15, 0.2) is 35.1 Å². The number of aromatic nitrogens is 2. The van der Waals surface area contributed by atoms with Crippen molar-refractivity contribution in [2.24, 2.45) is 5.73 Å². The van der Waals surface area contributed by atoms with Crippen LogP contribution in [0.2, 0.25) is 0 Å². The van der Waals surface area contributed by atoms with Crippen molar-refractivity contribution < 1.29 is 4.39 Å². The van der Waals surface area contributed by atoms with Gasteiger partial charge in [0.25, 0.3) is 0 Å². The molecule has 0 fully saturated rings. The van der Waals surface area contributed by atoms with Gasteiger partial charge in [-0.05, 0) is 42.7 Å². The van der Waals surface area contributed by atoms with Crippen LogP contribution in [-0.4, -0.2) is 9.97 Å². The number of nitrogens with two attached hydrogens (primary N) is 1. The van der Waals surface area contributed by atoms with E-state index in [1.165, 1.54) is 12.1 Å². The molecule has 1 atom stereocenters. The third-order valence-corrected chi connectivity index (χ3v) is 3.35. The van der Waals surface area contributed by atoms with Gasteiger partial charge in [0, 0.05) is 16.9 Å². The van der Waals surface area contributed by atoms with Crippen LogP contribution in [0.4, 0.5) is 4.39 Å². The molecule has 5 heteroatoms. The average molecular weight is 310 g/mol. The fourth-order valence-corrected chi connectivity index (χ4v) is 2.03. The zero-order valence-electron chi connectivity index (χ0n) is 9.90. The van der Waals surface area contributed by atoms with E-state index < -0.39 is 0 Å². The summed E-state index contributed by atoms with van der Waals surface area (Å²) in [5.74, 6) is 0.294. The largest absolute Gasteiger partial charge is 0.321 e. The lowest BCUT2D eigenvalue weighted by Gasteiger charge is -2.11. The molecule has 1 unspecified atom stereocenters. The molecule has 0 saturated heterocycles. The van der Waals surface area contributed by atoms with Crippen molar-refractivity contribution in [1.29, 1.82) is 0 Å². The summed E-state index contributed by atoms with van der Waals surface area (Å²) in [7, 11) is 0. The van der Waals surface area contributed by atoms with Gasteiger partial charge in [0.1, 0.15) is 11.6 Å². The second kappa shape index (κ2) is 5.54. The molecule has 2 N–H and O–H groups in total. The van der Waals surface area contributed by atoms with Crippen molar-refractivity contribution in [1.82, 2.24) is 9.97 Å². The maximum Gasteiger partial charge on any atom is 0.145 e. The predicted molar refractivity (Wildman–Crippen MR) is 71.5 cm³/mol. The minimum atomic E-state index is -0.344. The van der Waals surface area contributed by atoms with Crippen LogP contribution >= 0.6 is 15.9 Å². The Balaban J connectivity index is 2.18. The fourth-order valence-electron chi connectivity index (χ4n) is 1.62. The topological polar surface area (TPSA) is 51.8 Å². The second-order valence-corrected chi connectivity index (χ2v) is 5.02. The Bertz CT molecular complexity index is 542. The molecule has 2 aromatic rings. The number of benzene rings is 1. The van der Waals surface area contributed by atoms with Crippen LogP contribution in [-0.2, 0) is 6.42 Å². The van der Waals surface area contributed by atoms with E-state index in [0.717, 1.165) is 15.6 Å². The number of nitrogens with zero attached hydrogens (tertiary/aromatic N) is 2. The highest BCUT2D eigenvalue weighted by molar-refractivity contribution is 9.10. The number of halogens is 2. The summed E-state index contributed by atoms with van der Waals surface area (Å²) in [5, 5.41) is 0. The molecule has 1 aromatic carbocycles. The fraction of sp³-hybridized carbons (Fsp3) is 0.231. The van der Waals surface area contributed by atoms with E-state index in [1.807, 2.05) is 6.92 Å². The minimum absolute atomic E-state index is 0.273. The summed E-state index contributed by atoms with van der Waals surface area (Å²) < 4.78 is 14.0. The van der Waals surface area contributed by atoms with E-state index in [4.69, 9.17) is 5.73 Å². The number of rotatable bonds is 3. The molecule has 18 heavy (non-hydrogen) atoms. The summed E-state index contributed by atoms with van der Waals surface area (Å²) in [6, 6.07) is 4.20. The van der Waals surface area contributed by atoms with Gasteiger partial charge in [-0.3, -0.25) is 0 Å². The molecule has 1 heterocycles. The van der Waals surface area contributed by atoms with Crippen molar-refractivity contribution in [2.45, 2.75) is 19.4 Å². The Labute approximate surface area is 113 Å². The highest BCUT2D eigenvalue weighted by atomic mass is 79.9. The SMILES string of the molecule is Cc1cnc(C(N)Cc2cc(F)ccc2Br)nc1. The Kier molecular flexibility index (Phi) is 4.04. The zero-order valence-corrected chi connectivity index (χ0v) is 11.5. The Morgan fingerprint density at radius 3 is 2.67 bits per heavy atom. The first-order valence-corrected chi connectivity index (χ1v) is 6.33. The number of hydrogen-bond donors (Lipinski definition) is 1. The summed E-state index contributed by atoms with van der Waals surface area (Å²) in [6.45, 7) is 1.92. The average Bonchev–Trinajstić information content (AvgIpc) is 2.34. The molecule has 0 bridgehead atoms. The third kappa shape index (κ3) is 3.11. The Hall–Kier alpha value is -1.33. The van der Waals surface area contributed by atoms with Crippen LogP contribution in [0.1, 0.15) is 23.0 Å². The first-order chi connectivity index (χ1) is 8.56. The van der Waals surface area contributed by atoms with E-state index in [0.29, 0.717) is 12.2 Å². The predicted octanol–water partition coefficient (Wildman–Crippen LogP) is 2.93. The molecule has 0 aliphatic heterocycles. The third-order valence-electron chi connectivity index (χ3n) is 2.58. The number of hydrogen-bond acceptors (Lipinski definition) is 3. The van der Waals surface area contributed by atoms with Gasteiger partial charge in [-0.15, -0.1) is 0 Å². The maximum absolute atomic E-state index is 13.2. The number of aryl methyl sites for hydroxylation is 1. The Morgan fingerprint density at radius 2 is 2.00 bits per heavy atom. The molecule has 0 radical (unpaired) electrons. The normalized spacial score (nSPS) is 12.4. The summed E-state index contributed by atoms with van der Waals surface area (Å²) >= 11 is 3.38. The van der Waals surface area contributed by atoms with Gasteiger partial charge >= 0.3 is 0 Å². The van der Waals surface area contributed by atoms with Gasteiger partial charge in [0.2, 0.25) is 0 Å². The van der Waals surface area contributed by atoms with E-state index in [-0.39, 0.29) is 11.9 Å². The van der Waals surface area contributed by atoms with Gasteiger partial charge in [-0.1, -0.05) is 15.9 Å². The standard InChI is InChI=1S/C13H13BrFN3/c1-8-6-17-13(18-7-8)12(16)5-9-4-10(15)2-3-11(9)14/h2-4,6-7,12H,5,16H2,1H3. The highest BCUT2D eigenvalue weighted by Gasteiger charge is 2.12.